The maximum Gasteiger partial charge on any atom is 0.259 e. The maximum atomic E-state index is 13.1. The largest absolute Gasteiger partial charge is 0.352 e. The van der Waals surface area contributed by atoms with E-state index in [4.69, 9.17) is 4.52 Å². The highest BCUT2D eigenvalue weighted by Gasteiger charge is 2.24. The summed E-state index contributed by atoms with van der Waals surface area (Å²) in [5.74, 6) is 0.105. The molecule has 0 aliphatic heterocycles. The second-order valence-electron chi connectivity index (χ2n) is 6.16. The van der Waals surface area contributed by atoms with Crippen LogP contribution in [0.25, 0.3) is 22.4 Å². The SMILES string of the molecule is Cc1noc2nc(-c3ccc(F)cc3)cc(C(=O)NCC3CC3)c12. The molecule has 1 aliphatic rings. The van der Waals surface area contributed by atoms with Crippen LogP contribution in [0.4, 0.5) is 4.39 Å². The first-order chi connectivity index (χ1) is 11.6. The van der Waals surface area contributed by atoms with Crippen LogP contribution in [0.2, 0.25) is 0 Å². The first kappa shape index (κ1) is 14.8. The molecular weight excluding hydrogens is 309 g/mol. The predicted molar refractivity (Wildman–Crippen MR) is 87.0 cm³/mol. The molecule has 0 saturated heterocycles. The molecular formula is C18H16FN3O2. The number of amides is 1. The highest BCUT2D eigenvalue weighted by Crippen LogP contribution is 2.29. The number of pyridine rings is 1. The van der Waals surface area contributed by atoms with Crippen LogP contribution in [0.15, 0.2) is 34.9 Å². The summed E-state index contributed by atoms with van der Waals surface area (Å²) in [5.41, 5.74) is 2.68. The zero-order valence-electron chi connectivity index (χ0n) is 13.2. The number of aryl methyl sites for hydroxylation is 1. The summed E-state index contributed by atoms with van der Waals surface area (Å²) in [5, 5.41) is 7.50. The Balaban J connectivity index is 1.78. The Hall–Kier alpha value is -2.76. The van der Waals surface area contributed by atoms with Gasteiger partial charge in [0.05, 0.1) is 22.3 Å². The topological polar surface area (TPSA) is 68.0 Å². The molecule has 6 heteroatoms. The van der Waals surface area contributed by atoms with Crippen molar-refractivity contribution in [2.24, 2.45) is 5.92 Å². The van der Waals surface area contributed by atoms with Gasteiger partial charge >= 0.3 is 0 Å². The van der Waals surface area contributed by atoms with Gasteiger partial charge in [0.1, 0.15) is 5.82 Å². The Bertz CT molecular complexity index is 914. The van der Waals surface area contributed by atoms with E-state index in [1.807, 2.05) is 0 Å². The van der Waals surface area contributed by atoms with Crippen LogP contribution in [0.3, 0.4) is 0 Å². The van der Waals surface area contributed by atoms with Gasteiger partial charge in [-0.1, -0.05) is 5.16 Å². The van der Waals surface area contributed by atoms with Gasteiger partial charge in [-0.15, -0.1) is 0 Å². The maximum absolute atomic E-state index is 13.1. The van der Waals surface area contributed by atoms with Crippen molar-refractivity contribution in [3.05, 3.63) is 47.4 Å². The number of carbonyl (C=O) groups is 1. The van der Waals surface area contributed by atoms with E-state index in [1.165, 1.54) is 25.0 Å². The third-order valence-corrected chi connectivity index (χ3v) is 4.25. The summed E-state index contributed by atoms with van der Waals surface area (Å²) in [6, 6.07) is 7.68. The lowest BCUT2D eigenvalue weighted by molar-refractivity contribution is 0.0953. The Kier molecular flexibility index (Phi) is 3.52. The number of hydrogen-bond acceptors (Lipinski definition) is 4. The Labute approximate surface area is 137 Å². The Morgan fingerprint density at radius 3 is 2.79 bits per heavy atom. The highest BCUT2D eigenvalue weighted by molar-refractivity contribution is 6.07. The summed E-state index contributed by atoms with van der Waals surface area (Å²) >= 11 is 0. The van der Waals surface area contributed by atoms with Crippen molar-refractivity contribution in [3.63, 3.8) is 0 Å². The first-order valence-corrected chi connectivity index (χ1v) is 7.93. The Morgan fingerprint density at radius 1 is 1.33 bits per heavy atom. The molecule has 1 aliphatic carbocycles. The molecule has 1 amide bonds. The quantitative estimate of drug-likeness (QED) is 0.797. The minimum Gasteiger partial charge on any atom is -0.352 e. The van der Waals surface area contributed by atoms with E-state index >= 15 is 0 Å². The molecule has 1 N–H and O–H groups in total. The highest BCUT2D eigenvalue weighted by atomic mass is 19.1. The van der Waals surface area contributed by atoms with Crippen LogP contribution in [-0.2, 0) is 0 Å². The van der Waals surface area contributed by atoms with Crippen LogP contribution in [0.1, 0.15) is 28.9 Å². The fraction of sp³-hybridized carbons (Fsp3) is 0.278. The van der Waals surface area contributed by atoms with Gasteiger partial charge in [-0.2, -0.15) is 0 Å². The standard InChI is InChI=1S/C18H16FN3O2/c1-10-16-14(17(23)20-9-11-2-3-11)8-15(21-18(16)24-22-10)12-4-6-13(19)7-5-12/h4-8,11H,2-3,9H2,1H3,(H,20,23). The molecule has 24 heavy (non-hydrogen) atoms. The summed E-state index contributed by atoms with van der Waals surface area (Å²) in [6.45, 7) is 2.46. The zero-order chi connectivity index (χ0) is 16.7. The average molecular weight is 325 g/mol. The molecule has 1 aromatic carbocycles. The van der Waals surface area contributed by atoms with Crippen molar-refractivity contribution in [1.29, 1.82) is 0 Å². The van der Waals surface area contributed by atoms with Crippen LogP contribution in [0.5, 0.6) is 0 Å². The average Bonchev–Trinajstić information content (AvgIpc) is 3.35. The van der Waals surface area contributed by atoms with Gasteiger partial charge in [-0.05, 0) is 56.0 Å². The fourth-order valence-corrected chi connectivity index (χ4v) is 2.70. The van der Waals surface area contributed by atoms with Crippen LogP contribution >= 0.6 is 0 Å². The smallest absolute Gasteiger partial charge is 0.259 e. The van der Waals surface area contributed by atoms with Crippen molar-refractivity contribution >= 4 is 17.0 Å². The van der Waals surface area contributed by atoms with E-state index in [9.17, 15) is 9.18 Å². The second kappa shape index (κ2) is 5.70. The molecule has 0 unspecified atom stereocenters. The molecule has 0 bridgehead atoms. The number of hydrogen-bond donors (Lipinski definition) is 1. The molecule has 2 aromatic heterocycles. The normalized spacial score (nSPS) is 14.1. The minimum atomic E-state index is -0.322. The van der Waals surface area contributed by atoms with E-state index in [-0.39, 0.29) is 11.7 Å². The molecule has 1 fully saturated rings. The van der Waals surface area contributed by atoms with Gasteiger partial charge in [-0.25, -0.2) is 9.37 Å². The fourth-order valence-electron chi connectivity index (χ4n) is 2.70. The lowest BCUT2D eigenvalue weighted by atomic mass is 10.0. The van der Waals surface area contributed by atoms with Crippen LogP contribution in [-0.4, -0.2) is 22.6 Å². The lowest BCUT2D eigenvalue weighted by Gasteiger charge is -2.08. The van der Waals surface area contributed by atoms with E-state index in [0.717, 1.165) is 0 Å². The lowest BCUT2D eigenvalue weighted by Crippen LogP contribution is -2.25. The number of aromatic nitrogens is 2. The predicted octanol–water partition coefficient (Wildman–Crippen LogP) is 3.48. The summed E-state index contributed by atoms with van der Waals surface area (Å²) in [7, 11) is 0. The van der Waals surface area contributed by atoms with Crippen LogP contribution in [0, 0.1) is 18.7 Å². The first-order valence-electron chi connectivity index (χ1n) is 7.93. The number of rotatable bonds is 4. The second-order valence-corrected chi connectivity index (χ2v) is 6.16. The molecule has 3 aromatic rings. The minimum absolute atomic E-state index is 0.163. The molecule has 0 atom stereocenters. The van der Waals surface area contributed by atoms with E-state index < -0.39 is 0 Å². The number of nitrogens with zero attached hydrogens (tertiary/aromatic N) is 2. The van der Waals surface area contributed by atoms with Gasteiger partial charge in [0, 0.05) is 12.1 Å². The summed E-state index contributed by atoms with van der Waals surface area (Å²) in [6.07, 6.45) is 2.33. The third kappa shape index (κ3) is 2.75. The number of halogens is 1. The van der Waals surface area contributed by atoms with Gasteiger partial charge in [0.2, 0.25) is 0 Å². The monoisotopic (exact) mass is 325 g/mol. The van der Waals surface area contributed by atoms with Gasteiger partial charge in [0.25, 0.3) is 11.6 Å². The molecule has 5 nitrogen and oxygen atoms in total. The number of fused-ring (bicyclic) bond motifs is 1. The van der Waals surface area contributed by atoms with E-state index in [2.05, 4.69) is 15.5 Å². The van der Waals surface area contributed by atoms with E-state index in [0.29, 0.717) is 46.1 Å². The molecule has 0 radical (unpaired) electrons. The molecule has 2 heterocycles. The molecule has 1 saturated carbocycles. The van der Waals surface area contributed by atoms with Gasteiger partial charge < -0.3 is 9.84 Å². The van der Waals surface area contributed by atoms with Crippen molar-refractivity contribution < 1.29 is 13.7 Å². The molecule has 122 valence electrons. The summed E-state index contributed by atoms with van der Waals surface area (Å²) in [4.78, 5) is 17.0. The third-order valence-electron chi connectivity index (χ3n) is 4.25. The zero-order valence-corrected chi connectivity index (χ0v) is 13.2. The van der Waals surface area contributed by atoms with Crippen LogP contribution < -0.4 is 5.32 Å². The van der Waals surface area contributed by atoms with Gasteiger partial charge in [0.15, 0.2) is 0 Å². The van der Waals surface area contributed by atoms with Crippen molar-refractivity contribution in [3.8, 4) is 11.3 Å². The van der Waals surface area contributed by atoms with Crippen molar-refractivity contribution in [2.75, 3.05) is 6.54 Å². The van der Waals surface area contributed by atoms with E-state index in [1.54, 1.807) is 25.1 Å². The number of benzene rings is 1. The van der Waals surface area contributed by atoms with Crippen molar-refractivity contribution in [2.45, 2.75) is 19.8 Å². The molecule has 0 spiro atoms. The van der Waals surface area contributed by atoms with Crippen molar-refractivity contribution in [1.82, 2.24) is 15.5 Å². The molecule has 4 rings (SSSR count). The number of carbonyl (C=O) groups excluding carboxylic acids is 1. The Morgan fingerprint density at radius 2 is 2.08 bits per heavy atom. The summed E-state index contributed by atoms with van der Waals surface area (Å²) < 4.78 is 18.4. The number of nitrogens with one attached hydrogen (secondary N) is 1. The van der Waals surface area contributed by atoms with Gasteiger partial charge in [-0.3, -0.25) is 4.79 Å².